The number of nitrogens with zero attached hydrogens (tertiary/aromatic N) is 3. The molecule has 1 aromatic carbocycles. The highest BCUT2D eigenvalue weighted by Crippen LogP contribution is 2.34. The Kier molecular flexibility index (Phi) is 2.41. The van der Waals surface area contributed by atoms with E-state index in [-0.39, 0.29) is 11.6 Å². The number of tetrazole rings is 1. The van der Waals surface area contributed by atoms with Crippen LogP contribution >= 0.6 is 0 Å². The first-order chi connectivity index (χ1) is 9.20. The summed E-state index contributed by atoms with van der Waals surface area (Å²) in [6.07, 6.45) is 0. The molecule has 0 atom stereocenters. The van der Waals surface area contributed by atoms with E-state index in [1.165, 1.54) is 0 Å². The summed E-state index contributed by atoms with van der Waals surface area (Å²) in [6, 6.07) is 5.12. The van der Waals surface area contributed by atoms with Gasteiger partial charge in [0.1, 0.15) is 11.3 Å². The van der Waals surface area contributed by atoms with Crippen molar-refractivity contribution in [1.29, 1.82) is 0 Å². The average Bonchev–Trinajstić information content (AvgIpc) is 3.04. The Hall–Kier alpha value is -2.90. The van der Waals surface area contributed by atoms with Crippen LogP contribution in [-0.4, -0.2) is 33.6 Å². The van der Waals surface area contributed by atoms with Crippen LogP contribution in [0.5, 0.6) is 5.75 Å². The first-order valence-corrected chi connectivity index (χ1v) is 5.35. The van der Waals surface area contributed by atoms with Crippen molar-refractivity contribution in [2.75, 3.05) is 7.11 Å². The molecule has 0 saturated carbocycles. The number of fused-ring (bicyclic) bond motifs is 1. The fraction of sp³-hybridized carbons (Fsp3) is 0.0909. The number of methoxy groups -OCH3 is 1. The molecule has 0 aliphatic heterocycles. The molecule has 3 N–H and O–H groups in total. The van der Waals surface area contributed by atoms with Crippen molar-refractivity contribution >= 4 is 16.9 Å². The Morgan fingerprint density at radius 3 is 2.95 bits per heavy atom. The van der Waals surface area contributed by atoms with Gasteiger partial charge in [-0.1, -0.05) is 0 Å². The number of ether oxygens (including phenoxy) is 1. The number of hydrogen-bond donors (Lipinski definition) is 2. The van der Waals surface area contributed by atoms with Gasteiger partial charge in [0.15, 0.2) is 0 Å². The molecular weight excluding hydrogens is 250 g/mol. The Morgan fingerprint density at radius 2 is 2.32 bits per heavy atom. The van der Waals surface area contributed by atoms with Crippen molar-refractivity contribution < 1.29 is 13.9 Å². The molecule has 0 radical (unpaired) electrons. The van der Waals surface area contributed by atoms with Crippen LogP contribution in [0, 0.1) is 0 Å². The van der Waals surface area contributed by atoms with Gasteiger partial charge in [-0.2, -0.15) is 5.21 Å². The molecule has 0 unspecified atom stereocenters. The van der Waals surface area contributed by atoms with Crippen LogP contribution in [0.15, 0.2) is 22.6 Å². The molecule has 0 aliphatic carbocycles. The number of nitrogens with two attached hydrogens (primary N) is 1. The van der Waals surface area contributed by atoms with Crippen molar-refractivity contribution in [2.45, 2.75) is 0 Å². The van der Waals surface area contributed by atoms with E-state index in [0.717, 1.165) is 0 Å². The lowest BCUT2D eigenvalue weighted by Gasteiger charge is -1.98. The van der Waals surface area contributed by atoms with Crippen molar-refractivity contribution in [1.82, 2.24) is 20.6 Å². The maximum atomic E-state index is 11.5. The Balaban J connectivity index is 2.37. The molecule has 0 fully saturated rings. The van der Waals surface area contributed by atoms with Crippen molar-refractivity contribution in [3.05, 3.63) is 24.0 Å². The second kappa shape index (κ2) is 4.09. The molecule has 1 amide bonds. The van der Waals surface area contributed by atoms with E-state index in [1.807, 2.05) is 0 Å². The number of aromatic nitrogens is 4. The van der Waals surface area contributed by atoms with E-state index in [0.29, 0.717) is 22.3 Å². The van der Waals surface area contributed by atoms with Crippen LogP contribution in [0.4, 0.5) is 0 Å². The number of hydrogen-bond acceptors (Lipinski definition) is 6. The lowest BCUT2D eigenvalue weighted by molar-refractivity contribution is 0.0977. The minimum absolute atomic E-state index is 0.00958. The van der Waals surface area contributed by atoms with E-state index in [9.17, 15) is 4.79 Å². The topological polar surface area (TPSA) is 120 Å². The molecule has 8 heteroatoms. The number of carbonyl (C=O) groups is 1. The maximum Gasteiger partial charge on any atom is 0.285 e. The quantitative estimate of drug-likeness (QED) is 0.715. The van der Waals surface area contributed by atoms with Gasteiger partial charge in [0.25, 0.3) is 5.91 Å². The zero-order valence-electron chi connectivity index (χ0n) is 9.88. The molecule has 2 heterocycles. The number of nitrogens with one attached hydrogen (secondary N) is 1. The normalized spacial score (nSPS) is 10.8. The zero-order chi connectivity index (χ0) is 13.4. The summed E-state index contributed by atoms with van der Waals surface area (Å²) < 4.78 is 10.6. The largest absolute Gasteiger partial charge is 0.497 e. The van der Waals surface area contributed by atoms with Crippen molar-refractivity contribution in [3.63, 3.8) is 0 Å². The summed E-state index contributed by atoms with van der Waals surface area (Å²) in [6.45, 7) is 0. The number of furan rings is 1. The summed E-state index contributed by atoms with van der Waals surface area (Å²) in [5, 5.41) is 14.1. The first-order valence-electron chi connectivity index (χ1n) is 5.35. The van der Waals surface area contributed by atoms with Gasteiger partial charge in [0.2, 0.25) is 11.6 Å². The van der Waals surface area contributed by atoms with E-state index < -0.39 is 5.91 Å². The van der Waals surface area contributed by atoms with Gasteiger partial charge < -0.3 is 14.9 Å². The molecule has 3 rings (SSSR count). The molecule has 96 valence electrons. The minimum atomic E-state index is -0.699. The lowest BCUT2D eigenvalue weighted by atomic mass is 10.1. The third-order valence-corrected chi connectivity index (χ3v) is 2.69. The second-order valence-electron chi connectivity index (χ2n) is 3.77. The van der Waals surface area contributed by atoms with Gasteiger partial charge in [-0.15, -0.1) is 10.2 Å². The fourth-order valence-electron chi connectivity index (χ4n) is 1.87. The van der Waals surface area contributed by atoms with Crippen LogP contribution in [0.2, 0.25) is 0 Å². The third-order valence-electron chi connectivity index (χ3n) is 2.69. The lowest BCUT2D eigenvalue weighted by Crippen LogP contribution is -2.11. The molecule has 8 nitrogen and oxygen atoms in total. The standard InChI is InChI=1S/C11H9N5O3/c1-18-5-2-3-7-6(4-5)8(9(19-7)10(12)17)11-13-15-16-14-11/h2-4H,1H3,(H2,12,17)(H,13,14,15,16). The van der Waals surface area contributed by atoms with Crippen LogP contribution in [0.1, 0.15) is 10.6 Å². The molecule has 2 aromatic heterocycles. The zero-order valence-corrected chi connectivity index (χ0v) is 9.88. The Morgan fingerprint density at radius 1 is 1.47 bits per heavy atom. The first kappa shape index (κ1) is 11.2. The van der Waals surface area contributed by atoms with Gasteiger partial charge in [0, 0.05) is 5.39 Å². The second-order valence-corrected chi connectivity index (χ2v) is 3.77. The minimum Gasteiger partial charge on any atom is -0.497 e. The molecule has 0 aliphatic rings. The van der Waals surface area contributed by atoms with Crippen LogP contribution in [-0.2, 0) is 0 Å². The molecule has 0 bridgehead atoms. The monoisotopic (exact) mass is 259 g/mol. The van der Waals surface area contributed by atoms with Crippen molar-refractivity contribution in [3.8, 4) is 17.1 Å². The third kappa shape index (κ3) is 1.69. The molecular formula is C11H9N5O3. The van der Waals surface area contributed by atoms with Gasteiger partial charge in [-0.25, -0.2) is 0 Å². The molecule has 19 heavy (non-hydrogen) atoms. The van der Waals surface area contributed by atoms with Crippen LogP contribution in [0.25, 0.3) is 22.4 Å². The summed E-state index contributed by atoms with van der Waals surface area (Å²) in [5.74, 6) is 0.148. The van der Waals surface area contributed by atoms with Crippen LogP contribution < -0.4 is 10.5 Å². The molecule has 0 saturated heterocycles. The number of carbonyl (C=O) groups excluding carboxylic acids is 1. The van der Waals surface area contributed by atoms with Crippen molar-refractivity contribution in [2.24, 2.45) is 5.73 Å². The summed E-state index contributed by atoms with van der Waals surface area (Å²) >= 11 is 0. The highest BCUT2D eigenvalue weighted by molar-refractivity contribution is 6.06. The number of H-pyrrole nitrogens is 1. The highest BCUT2D eigenvalue weighted by Gasteiger charge is 2.23. The Labute approximate surface area is 106 Å². The number of aromatic amines is 1. The SMILES string of the molecule is COc1ccc2oc(C(N)=O)c(-c3nn[nH]n3)c2c1. The Bertz CT molecular complexity index is 747. The van der Waals surface area contributed by atoms with E-state index in [1.54, 1.807) is 25.3 Å². The number of rotatable bonds is 3. The smallest absolute Gasteiger partial charge is 0.285 e. The van der Waals surface area contributed by atoms with E-state index in [2.05, 4.69) is 20.6 Å². The number of amides is 1. The van der Waals surface area contributed by atoms with Crippen LogP contribution in [0.3, 0.4) is 0 Å². The van der Waals surface area contributed by atoms with Gasteiger partial charge >= 0.3 is 0 Å². The predicted octanol–water partition coefficient (Wildman–Crippen LogP) is 0.720. The van der Waals surface area contributed by atoms with Gasteiger partial charge in [0.05, 0.1) is 12.7 Å². The van der Waals surface area contributed by atoms with E-state index in [4.69, 9.17) is 14.9 Å². The molecule has 0 spiro atoms. The average molecular weight is 259 g/mol. The number of primary amides is 1. The van der Waals surface area contributed by atoms with Gasteiger partial charge in [-0.3, -0.25) is 4.79 Å². The fourth-order valence-corrected chi connectivity index (χ4v) is 1.87. The number of benzene rings is 1. The summed E-state index contributed by atoms with van der Waals surface area (Å²) in [4.78, 5) is 11.5. The van der Waals surface area contributed by atoms with E-state index >= 15 is 0 Å². The maximum absolute atomic E-state index is 11.5. The summed E-state index contributed by atoms with van der Waals surface area (Å²) in [5.41, 5.74) is 6.20. The summed E-state index contributed by atoms with van der Waals surface area (Å²) in [7, 11) is 1.55. The molecule has 3 aromatic rings. The predicted molar refractivity (Wildman–Crippen MR) is 64.5 cm³/mol. The highest BCUT2D eigenvalue weighted by atomic mass is 16.5. The van der Waals surface area contributed by atoms with Gasteiger partial charge in [-0.05, 0) is 23.4 Å².